The summed E-state index contributed by atoms with van der Waals surface area (Å²) in [6, 6.07) is 6.16. The van der Waals surface area contributed by atoms with Crippen LogP contribution in [-0.2, 0) is 6.18 Å². The van der Waals surface area contributed by atoms with Crippen molar-refractivity contribution in [1.82, 2.24) is 4.98 Å². The summed E-state index contributed by atoms with van der Waals surface area (Å²) in [7, 11) is 0. The largest absolute Gasteiger partial charge is 0.507 e. The van der Waals surface area contributed by atoms with E-state index in [0.29, 0.717) is 6.07 Å². The zero-order valence-corrected chi connectivity index (χ0v) is 13.4. The van der Waals surface area contributed by atoms with Gasteiger partial charge in [-0.1, -0.05) is 11.6 Å². The summed E-state index contributed by atoms with van der Waals surface area (Å²) in [6.45, 7) is 0. The van der Waals surface area contributed by atoms with Crippen LogP contribution in [0.3, 0.4) is 0 Å². The van der Waals surface area contributed by atoms with Crippen molar-refractivity contribution in [3.63, 3.8) is 0 Å². The SMILES string of the molecule is O=C(O)c1c(-c2cc(Cl)ccc2O)c2cc(C(F)(F)F)ccc2[nH]c1=O. The Morgan fingerprint density at radius 2 is 1.81 bits per heavy atom. The number of carboxylic acid groups (broad SMARTS) is 1. The highest BCUT2D eigenvalue weighted by Gasteiger charge is 2.31. The lowest BCUT2D eigenvalue weighted by Crippen LogP contribution is -2.19. The third-order valence-corrected chi connectivity index (χ3v) is 4.02. The van der Waals surface area contributed by atoms with Crippen LogP contribution in [0.15, 0.2) is 41.2 Å². The quantitative estimate of drug-likeness (QED) is 0.616. The number of nitrogens with one attached hydrogen (secondary N) is 1. The maximum atomic E-state index is 13.1. The van der Waals surface area contributed by atoms with Crippen LogP contribution in [0, 0.1) is 0 Å². The maximum Gasteiger partial charge on any atom is 0.416 e. The van der Waals surface area contributed by atoms with Gasteiger partial charge in [0.1, 0.15) is 11.3 Å². The summed E-state index contributed by atoms with van der Waals surface area (Å²) in [5.74, 6) is -2.08. The molecule has 0 atom stereocenters. The summed E-state index contributed by atoms with van der Waals surface area (Å²) < 4.78 is 39.2. The number of aromatic hydroxyl groups is 1. The van der Waals surface area contributed by atoms with Crippen LogP contribution in [0.25, 0.3) is 22.0 Å². The first-order valence-corrected chi connectivity index (χ1v) is 7.47. The molecule has 1 aromatic heterocycles. The van der Waals surface area contributed by atoms with Crippen LogP contribution in [-0.4, -0.2) is 21.2 Å². The highest BCUT2D eigenvalue weighted by Crippen LogP contribution is 2.39. The van der Waals surface area contributed by atoms with Crippen molar-refractivity contribution in [2.75, 3.05) is 0 Å². The predicted molar refractivity (Wildman–Crippen MR) is 88.6 cm³/mol. The first-order chi connectivity index (χ1) is 12.1. The fraction of sp³-hybridized carbons (Fsp3) is 0.0588. The zero-order valence-electron chi connectivity index (χ0n) is 12.7. The summed E-state index contributed by atoms with van der Waals surface area (Å²) in [4.78, 5) is 26.0. The lowest BCUT2D eigenvalue weighted by Gasteiger charge is -2.14. The number of fused-ring (bicyclic) bond motifs is 1. The molecule has 0 aliphatic carbocycles. The first-order valence-electron chi connectivity index (χ1n) is 7.09. The number of aromatic carboxylic acids is 1. The van der Waals surface area contributed by atoms with Gasteiger partial charge in [0.05, 0.1) is 5.56 Å². The van der Waals surface area contributed by atoms with E-state index >= 15 is 0 Å². The van der Waals surface area contributed by atoms with E-state index in [1.807, 2.05) is 0 Å². The number of aromatic nitrogens is 1. The van der Waals surface area contributed by atoms with Crippen molar-refractivity contribution >= 4 is 28.5 Å². The minimum atomic E-state index is -4.68. The van der Waals surface area contributed by atoms with Crippen molar-refractivity contribution < 1.29 is 28.2 Å². The van der Waals surface area contributed by atoms with Gasteiger partial charge in [-0.15, -0.1) is 0 Å². The first kappa shape index (κ1) is 17.8. The summed E-state index contributed by atoms with van der Waals surface area (Å²) in [6.07, 6.45) is -4.68. The molecule has 26 heavy (non-hydrogen) atoms. The molecule has 0 amide bonds. The predicted octanol–water partition coefficient (Wildman–Crippen LogP) is 4.27. The summed E-state index contributed by atoms with van der Waals surface area (Å²) in [5.41, 5.74) is -3.36. The van der Waals surface area contributed by atoms with Gasteiger partial charge in [-0.25, -0.2) is 4.79 Å². The van der Waals surface area contributed by atoms with Crippen LogP contribution in [0.1, 0.15) is 15.9 Å². The molecule has 3 rings (SSSR count). The van der Waals surface area contributed by atoms with Crippen molar-refractivity contribution in [1.29, 1.82) is 0 Å². The molecule has 0 bridgehead atoms. The number of aromatic amines is 1. The molecule has 0 aliphatic heterocycles. The van der Waals surface area contributed by atoms with Crippen molar-refractivity contribution in [3.8, 4) is 16.9 Å². The van der Waals surface area contributed by atoms with Gasteiger partial charge in [-0.05, 0) is 36.4 Å². The lowest BCUT2D eigenvalue weighted by molar-refractivity contribution is -0.137. The van der Waals surface area contributed by atoms with E-state index in [0.717, 1.165) is 18.2 Å². The number of rotatable bonds is 2. The Bertz CT molecular complexity index is 1110. The molecule has 3 aromatic rings. The van der Waals surface area contributed by atoms with Crippen LogP contribution < -0.4 is 5.56 Å². The number of pyridine rings is 1. The molecule has 0 spiro atoms. The Labute approximate surface area is 148 Å². The number of alkyl halides is 3. The molecule has 0 aliphatic rings. The molecule has 0 fully saturated rings. The van der Waals surface area contributed by atoms with Crippen molar-refractivity contribution in [3.05, 3.63) is 62.9 Å². The Kier molecular flexibility index (Phi) is 4.15. The number of carbonyl (C=O) groups is 1. The number of phenols is 1. The number of halogens is 4. The van der Waals surface area contributed by atoms with Crippen LogP contribution in [0.4, 0.5) is 13.2 Å². The average molecular weight is 384 g/mol. The van der Waals surface area contributed by atoms with E-state index in [1.165, 1.54) is 12.1 Å². The molecule has 3 N–H and O–H groups in total. The minimum Gasteiger partial charge on any atom is -0.507 e. The molecule has 0 radical (unpaired) electrons. The standard InChI is InChI=1S/C17H9ClF3NO4/c18-8-2-4-12(23)10(6-8)13-9-5-7(17(19,20)21)1-3-11(9)22-15(24)14(13)16(25)26/h1-6,23H,(H,22,24)(H,25,26). The van der Waals surface area contributed by atoms with E-state index in [1.54, 1.807) is 0 Å². The molecule has 5 nitrogen and oxygen atoms in total. The normalized spacial score (nSPS) is 11.7. The third-order valence-electron chi connectivity index (χ3n) is 3.78. The Hall–Kier alpha value is -3.00. The lowest BCUT2D eigenvalue weighted by atomic mass is 9.94. The average Bonchev–Trinajstić information content (AvgIpc) is 2.54. The number of hydrogen-bond donors (Lipinski definition) is 3. The molecule has 1 heterocycles. The highest BCUT2D eigenvalue weighted by molar-refractivity contribution is 6.31. The number of H-pyrrole nitrogens is 1. The summed E-state index contributed by atoms with van der Waals surface area (Å²) in [5, 5.41) is 19.4. The van der Waals surface area contributed by atoms with Gasteiger partial charge in [0.25, 0.3) is 5.56 Å². The van der Waals surface area contributed by atoms with Gasteiger partial charge in [-0.3, -0.25) is 4.79 Å². The van der Waals surface area contributed by atoms with Crippen LogP contribution in [0.2, 0.25) is 5.02 Å². The zero-order chi connectivity index (χ0) is 19.2. The molecule has 9 heteroatoms. The van der Waals surface area contributed by atoms with E-state index in [2.05, 4.69) is 4.98 Å². The van der Waals surface area contributed by atoms with E-state index in [-0.39, 0.29) is 27.1 Å². The van der Waals surface area contributed by atoms with Gasteiger partial charge in [-0.2, -0.15) is 13.2 Å². The molecule has 0 saturated carbocycles. The molecule has 0 unspecified atom stereocenters. The van der Waals surface area contributed by atoms with Crippen LogP contribution in [0.5, 0.6) is 5.75 Å². The molecular weight excluding hydrogens is 375 g/mol. The van der Waals surface area contributed by atoms with Crippen LogP contribution >= 0.6 is 11.6 Å². The van der Waals surface area contributed by atoms with Gasteiger partial charge < -0.3 is 15.2 Å². The molecule has 134 valence electrons. The number of phenolic OH excluding ortho intramolecular Hbond substituents is 1. The third kappa shape index (κ3) is 2.99. The Morgan fingerprint density at radius 3 is 2.42 bits per heavy atom. The Balaban J connectivity index is 2.54. The van der Waals surface area contributed by atoms with Gasteiger partial charge >= 0.3 is 12.1 Å². The topological polar surface area (TPSA) is 90.4 Å². The second-order valence-corrected chi connectivity index (χ2v) is 5.87. The van der Waals surface area contributed by atoms with E-state index < -0.39 is 34.6 Å². The van der Waals surface area contributed by atoms with Gasteiger partial charge in [0, 0.05) is 27.1 Å². The Morgan fingerprint density at radius 1 is 1.12 bits per heavy atom. The summed E-state index contributed by atoms with van der Waals surface area (Å²) >= 11 is 5.87. The van der Waals surface area contributed by atoms with E-state index in [4.69, 9.17) is 11.6 Å². The monoisotopic (exact) mass is 383 g/mol. The number of hydrogen-bond acceptors (Lipinski definition) is 3. The van der Waals surface area contributed by atoms with Crippen molar-refractivity contribution in [2.45, 2.75) is 6.18 Å². The van der Waals surface area contributed by atoms with E-state index in [9.17, 15) is 33.0 Å². The minimum absolute atomic E-state index is 0.0117. The molecule has 0 saturated heterocycles. The smallest absolute Gasteiger partial charge is 0.416 e. The molecular formula is C17H9ClF3NO4. The number of benzene rings is 2. The van der Waals surface area contributed by atoms with Crippen molar-refractivity contribution in [2.24, 2.45) is 0 Å². The second-order valence-electron chi connectivity index (χ2n) is 5.43. The second kappa shape index (κ2) is 6.06. The fourth-order valence-electron chi connectivity index (χ4n) is 2.66. The molecule has 2 aromatic carbocycles. The number of carboxylic acids is 1. The highest BCUT2D eigenvalue weighted by atomic mass is 35.5. The van der Waals surface area contributed by atoms with Gasteiger partial charge in [0.15, 0.2) is 0 Å². The maximum absolute atomic E-state index is 13.1. The van der Waals surface area contributed by atoms with Gasteiger partial charge in [0.2, 0.25) is 0 Å². The fourth-order valence-corrected chi connectivity index (χ4v) is 2.83.